The smallest absolute Gasteiger partial charge is 0.432 e. The zero-order valence-electron chi connectivity index (χ0n) is 23.1. The number of fused-ring (bicyclic) bond motifs is 3. The maximum Gasteiger partial charge on any atom is 0.432 e. The second kappa shape index (κ2) is 14.7. The first-order valence-electron chi connectivity index (χ1n) is 13.8. The molecule has 2 aliphatic rings. The Morgan fingerprint density at radius 1 is 0.881 bits per heavy atom. The topological polar surface area (TPSA) is 152 Å². The zero-order chi connectivity index (χ0) is 29.9. The number of benzene rings is 2. The lowest BCUT2D eigenvalue weighted by molar-refractivity contribution is -0.171. The van der Waals surface area contributed by atoms with Gasteiger partial charge < -0.3 is 30.3 Å². The molecule has 5 amide bonds. The summed E-state index contributed by atoms with van der Waals surface area (Å²) in [5, 5.41) is 8.33. The van der Waals surface area contributed by atoms with E-state index in [0.29, 0.717) is 30.9 Å². The van der Waals surface area contributed by atoms with E-state index in [4.69, 9.17) is 14.3 Å². The Morgan fingerprint density at radius 2 is 1.52 bits per heavy atom. The highest BCUT2D eigenvalue weighted by atomic mass is 16.7. The van der Waals surface area contributed by atoms with E-state index in [9.17, 15) is 24.0 Å². The van der Waals surface area contributed by atoms with Crippen LogP contribution in [0.4, 0.5) is 14.4 Å². The summed E-state index contributed by atoms with van der Waals surface area (Å²) in [4.78, 5) is 65.0. The van der Waals surface area contributed by atoms with Crippen molar-refractivity contribution in [3.8, 4) is 11.1 Å². The van der Waals surface area contributed by atoms with Crippen molar-refractivity contribution in [2.75, 3.05) is 26.3 Å². The fourth-order valence-electron chi connectivity index (χ4n) is 4.90. The molecule has 0 unspecified atom stereocenters. The van der Waals surface area contributed by atoms with E-state index in [1.54, 1.807) is 0 Å². The van der Waals surface area contributed by atoms with Gasteiger partial charge in [0.15, 0.2) is 0 Å². The van der Waals surface area contributed by atoms with Crippen LogP contribution < -0.4 is 16.0 Å². The van der Waals surface area contributed by atoms with Gasteiger partial charge in [-0.05, 0) is 41.5 Å². The van der Waals surface area contributed by atoms with Crippen molar-refractivity contribution in [3.05, 3.63) is 72.3 Å². The molecule has 222 valence electrons. The molecule has 1 fully saturated rings. The van der Waals surface area contributed by atoms with E-state index in [-0.39, 0.29) is 38.5 Å². The van der Waals surface area contributed by atoms with Crippen LogP contribution in [0.15, 0.2) is 61.2 Å². The lowest BCUT2D eigenvalue weighted by Crippen LogP contribution is -2.46. The minimum Gasteiger partial charge on any atom is -0.449 e. The van der Waals surface area contributed by atoms with Crippen molar-refractivity contribution in [3.63, 3.8) is 0 Å². The van der Waals surface area contributed by atoms with Crippen molar-refractivity contribution in [1.82, 2.24) is 21.0 Å². The van der Waals surface area contributed by atoms with Crippen molar-refractivity contribution in [2.45, 2.75) is 44.1 Å². The van der Waals surface area contributed by atoms with Crippen molar-refractivity contribution in [2.24, 2.45) is 0 Å². The highest BCUT2D eigenvalue weighted by Gasteiger charge is 2.33. The van der Waals surface area contributed by atoms with Gasteiger partial charge in [0.25, 0.3) is 11.8 Å². The summed E-state index contributed by atoms with van der Waals surface area (Å²) in [5.41, 5.74) is 4.38. The minimum absolute atomic E-state index is 0.0206. The molecule has 0 bridgehead atoms. The molecule has 1 saturated heterocycles. The fraction of sp³-hybridized carbons (Fsp3) is 0.367. The monoisotopic (exact) mass is 578 g/mol. The molecule has 0 aromatic heterocycles. The first-order chi connectivity index (χ1) is 20.4. The number of hydrogen-bond donors (Lipinski definition) is 3. The molecule has 3 N–H and O–H groups in total. The molecule has 12 nitrogen and oxygen atoms in total. The summed E-state index contributed by atoms with van der Waals surface area (Å²) in [5.74, 6) is -1.30. The zero-order valence-corrected chi connectivity index (χ0v) is 23.1. The van der Waals surface area contributed by atoms with Gasteiger partial charge in [-0.25, -0.2) is 14.4 Å². The van der Waals surface area contributed by atoms with Gasteiger partial charge in [0.1, 0.15) is 13.2 Å². The Hall–Kier alpha value is -4.87. The molecule has 1 aliphatic heterocycles. The summed E-state index contributed by atoms with van der Waals surface area (Å²) in [7, 11) is 0. The molecule has 1 heterocycles. The predicted octanol–water partition coefficient (Wildman–Crippen LogP) is 3.77. The number of amides is 5. The number of carbonyl (C=O) groups is 5. The van der Waals surface area contributed by atoms with Crippen LogP contribution in [0.1, 0.15) is 49.1 Å². The minimum atomic E-state index is -0.996. The molecule has 4 rings (SSSR count). The third-order valence-electron chi connectivity index (χ3n) is 6.92. The third-order valence-corrected chi connectivity index (χ3v) is 6.92. The van der Waals surface area contributed by atoms with Gasteiger partial charge in [-0.2, -0.15) is 0 Å². The molecular weight excluding hydrogens is 544 g/mol. The van der Waals surface area contributed by atoms with Crippen LogP contribution in [-0.4, -0.2) is 67.5 Å². The largest absolute Gasteiger partial charge is 0.449 e. The summed E-state index contributed by atoms with van der Waals surface area (Å²) in [6.45, 7) is 4.01. The van der Waals surface area contributed by atoms with Crippen LogP contribution in [0.3, 0.4) is 0 Å². The van der Waals surface area contributed by atoms with Gasteiger partial charge in [-0.1, -0.05) is 61.2 Å². The van der Waals surface area contributed by atoms with Crippen LogP contribution in [-0.2, 0) is 23.9 Å². The van der Waals surface area contributed by atoms with E-state index >= 15 is 0 Å². The molecule has 0 saturated carbocycles. The first-order valence-corrected chi connectivity index (χ1v) is 13.8. The van der Waals surface area contributed by atoms with Crippen LogP contribution >= 0.6 is 0 Å². The van der Waals surface area contributed by atoms with Crippen molar-refractivity contribution >= 4 is 30.1 Å². The molecule has 1 atom stereocenters. The van der Waals surface area contributed by atoms with Gasteiger partial charge in [-0.15, -0.1) is 5.06 Å². The van der Waals surface area contributed by atoms with Gasteiger partial charge in [0, 0.05) is 37.9 Å². The number of nitrogens with zero attached hydrogens (tertiary/aromatic N) is 1. The van der Waals surface area contributed by atoms with Crippen LogP contribution in [0, 0.1) is 0 Å². The van der Waals surface area contributed by atoms with Crippen LogP contribution in [0.2, 0.25) is 0 Å². The van der Waals surface area contributed by atoms with E-state index in [0.717, 1.165) is 22.3 Å². The SMILES string of the molecule is C=CCOC(=O)NCCCC[C@@H](CNC(=O)ON1C(=O)CCC1=O)NC(=O)OCC1c2ccccc2-c2ccccc21. The average Bonchev–Trinajstić information content (AvgIpc) is 3.49. The number of nitrogens with one attached hydrogen (secondary N) is 3. The quantitative estimate of drug-likeness (QED) is 0.185. The molecule has 0 radical (unpaired) electrons. The maximum absolute atomic E-state index is 12.9. The fourth-order valence-corrected chi connectivity index (χ4v) is 4.90. The average molecular weight is 579 g/mol. The number of alkyl carbamates (subject to hydrolysis) is 2. The summed E-state index contributed by atoms with van der Waals surface area (Å²) in [6, 6.07) is 15.4. The second-order valence-electron chi connectivity index (χ2n) is 9.82. The summed E-state index contributed by atoms with van der Waals surface area (Å²) in [6.07, 6.45) is 0.794. The number of hydrogen-bond acceptors (Lipinski definition) is 8. The van der Waals surface area contributed by atoms with E-state index in [2.05, 4.69) is 22.5 Å². The highest BCUT2D eigenvalue weighted by Crippen LogP contribution is 2.44. The van der Waals surface area contributed by atoms with Gasteiger partial charge >= 0.3 is 18.3 Å². The molecule has 12 heteroatoms. The number of hydroxylamine groups is 2. The summed E-state index contributed by atoms with van der Waals surface area (Å²) < 4.78 is 10.5. The number of unbranched alkanes of at least 4 members (excludes halogenated alkanes) is 1. The molecule has 1 aliphatic carbocycles. The van der Waals surface area contributed by atoms with Gasteiger partial charge in [-0.3, -0.25) is 9.59 Å². The molecule has 2 aromatic carbocycles. The highest BCUT2D eigenvalue weighted by molar-refractivity contribution is 6.01. The van der Waals surface area contributed by atoms with E-state index in [1.165, 1.54) is 6.08 Å². The van der Waals surface area contributed by atoms with Crippen molar-refractivity contribution < 1.29 is 38.3 Å². The number of imide groups is 1. The number of rotatable bonds is 13. The molecule has 42 heavy (non-hydrogen) atoms. The maximum atomic E-state index is 12.9. The number of ether oxygens (including phenoxy) is 2. The van der Waals surface area contributed by atoms with Crippen molar-refractivity contribution in [1.29, 1.82) is 0 Å². The van der Waals surface area contributed by atoms with Gasteiger partial charge in [0.2, 0.25) is 0 Å². The molecule has 2 aromatic rings. The predicted molar refractivity (Wildman–Crippen MR) is 151 cm³/mol. The third kappa shape index (κ3) is 7.87. The van der Waals surface area contributed by atoms with E-state index < -0.39 is 36.1 Å². The summed E-state index contributed by atoms with van der Waals surface area (Å²) >= 11 is 0. The molecular formula is C30H34N4O8. The second-order valence-corrected chi connectivity index (χ2v) is 9.82. The lowest BCUT2D eigenvalue weighted by atomic mass is 9.98. The molecule has 0 spiro atoms. The Morgan fingerprint density at radius 3 is 2.17 bits per heavy atom. The first kappa shape index (κ1) is 30.1. The van der Waals surface area contributed by atoms with Crippen LogP contribution in [0.5, 0.6) is 0 Å². The lowest BCUT2D eigenvalue weighted by Gasteiger charge is -2.21. The van der Waals surface area contributed by atoms with Crippen LogP contribution in [0.25, 0.3) is 11.1 Å². The Kier molecular flexibility index (Phi) is 10.5. The van der Waals surface area contributed by atoms with Gasteiger partial charge in [0.05, 0.1) is 0 Å². The normalized spacial score (nSPS) is 14.4. The Bertz CT molecular complexity index is 1270. The Balaban J connectivity index is 1.30. The van der Waals surface area contributed by atoms with E-state index in [1.807, 2.05) is 48.5 Å². The number of carbonyl (C=O) groups excluding carboxylic acids is 5. The standard InChI is InChI=1S/C30H34N4O8/c1-2-17-40-28(37)31-16-8-7-9-20(18-32-29(38)42-34-26(35)14-15-27(34)36)33-30(39)41-19-25-23-12-5-3-10-21(23)22-11-4-6-13-24(22)25/h2-6,10-13,20,25H,1,7-9,14-19H2,(H,31,37)(H,32,38)(H,33,39)/t20-/m0/s1. The Labute approximate surface area is 243 Å².